The summed E-state index contributed by atoms with van der Waals surface area (Å²) in [4.78, 5) is 11.2. The Morgan fingerprint density at radius 3 is 2.44 bits per heavy atom. The lowest BCUT2D eigenvalue weighted by Crippen LogP contribution is -2.37. The Morgan fingerprint density at radius 1 is 1.12 bits per heavy atom. The van der Waals surface area contributed by atoms with Crippen molar-refractivity contribution in [2.75, 3.05) is 0 Å². The maximum absolute atomic E-state index is 11.5. The van der Waals surface area contributed by atoms with E-state index in [-0.39, 0.29) is 5.69 Å². The van der Waals surface area contributed by atoms with Gasteiger partial charge in [-0.25, -0.2) is 0 Å². The maximum Gasteiger partial charge on any atom is 0.315 e. The molecule has 0 aliphatic rings. The molecule has 0 saturated heterocycles. The fraction of sp³-hybridized carbons (Fsp3) is 0. The molecule has 4 nitrogen and oxygen atoms in total. The number of nitrogens with zero attached hydrogens (tertiary/aromatic N) is 1. The molecule has 0 spiro atoms. The van der Waals surface area contributed by atoms with Gasteiger partial charge in [0.1, 0.15) is 0 Å². The number of rotatable bonds is 2. The number of carbonyl (C=O) groups is 1. The first-order valence-electron chi connectivity index (χ1n) is 4.77. The topological polar surface area (TPSA) is 70.0 Å². The summed E-state index contributed by atoms with van der Waals surface area (Å²) < 4.78 is 0.491. The van der Waals surface area contributed by atoms with Crippen molar-refractivity contribution >= 4 is 5.91 Å². The van der Waals surface area contributed by atoms with Crippen LogP contribution in [-0.4, -0.2) is 5.91 Å². The van der Waals surface area contributed by atoms with E-state index in [1.807, 2.05) is 30.3 Å². The first kappa shape index (κ1) is 10.2. The van der Waals surface area contributed by atoms with Crippen molar-refractivity contribution in [2.24, 2.45) is 5.73 Å². The Bertz CT molecular complexity index is 524. The molecular formula is C12H10N2O2. The molecule has 0 unspecified atom stereocenters. The lowest BCUT2D eigenvalue weighted by Gasteiger charge is -2.06. The third-order valence-electron chi connectivity index (χ3n) is 2.28. The van der Waals surface area contributed by atoms with Gasteiger partial charge in [-0.15, -0.1) is 0 Å². The second kappa shape index (κ2) is 4.02. The number of amides is 1. The summed E-state index contributed by atoms with van der Waals surface area (Å²) in [5, 5.41) is 11.5. The summed E-state index contributed by atoms with van der Waals surface area (Å²) in [6, 6.07) is 12.5. The van der Waals surface area contributed by atoms with Gasteiger partial charge in [-0.05, 0) is 11.6 Å². The van der Waals surface area contributed by atoms with Crippen LogP contribution in [0.15, 0.2) is 48.7 Å². The van der Waals surface area contributed by atoms with Gasteiger partial charge in [0.05, 0.1) is 5.56 Å². The van der Waals surface area contributed by atoms with Gasteiger partial charge in [-0.3, -0.25) is 4.79 Å². The number of carbonyl (C=O) groups excluding carboxylic acids is 1. The molecular weight excluding hydrogens is 204 g/mol. The third-order valence-corrected chi connectivity index (χ3v) is 2.28. The second-order valence-corrected chi connectivity index (χ2v) is 3.33. The van der Waals surface area contributed by atoms with Gasteiger partial charge in [-0.2, -0.15) is 4.73 Å². The van der Waals surface area contributed by atoms with E-state index in [2.05, 4.69) is 0 Å². The van der Waals surface area contributed by atoms with Crippen molar-refractivity contribution in [2.45, 2.75) is 0 Å². The molecule has 0 saturated carbocycles. The molecule has 80 valence electrons. The molecule has 0 fully saturated rings. The summed E-state index contributed by atoms with van der Waals surface area (Å²) in [6.45, 7) is 0. The predicted molar refractivity (Wildman–Crippen MR) is 59.4 cm³/mol. The van der Waals surface area contributed by atoms with Crippen molar-refractivity contribution in [1.29, 1.82) is 0 Å². The van der Waals surface area contributed by atoms with Crippen molar-refractivity contribution < 1.29 is 9.52 Å². The van der Waals surface area contributed by atoms with Gasteiger partial charge < -0.3 is 10.9 Å². The molecule has 2 N–H and O–H groups in total. The molecule has 1 aromatic carbocycles. The number of nitrogens with two attached hydrogens (primary N) is 1. The zero-order chi connectivity index (χ0) is 11.5. The highest BCUT2D eigenvalue weighted by Crippen LogP contribution is 2.20. The highest BCUT2D eigenvalue weighted by molar-refractivity contribution is 5.96. The van der Waals surface area contributed by atoms with Crippen molar-refractivity contribution in [3.05, 3.63) is 59.6 Å². The minimum Gasteiger partial charge on any atom is -0.618 e. The lowest BCUT2D eigenvalue weighted by atomic mass is 10.0. The molecule has 2 rings (SSSR count). The highest BCUT2D eigenvalue weighted by Gasteiger charge is 2.19. The van der Waals surface area contributed by atoms with Crippen molar-refractivity contribution in [3.63, 3.8) is 0 Å². The van der Waals surface area contributed by atoms with E-state index in [4.69, 9.17) is 5.73 Å². The largest absolute Gasteiger partial charge is 0.618 e. The Labute approximate surface area is 92.5 Å². The van der Waals surface area contributed by atoms with E-state index < -0.39 is 5.91 Å². The molecule has 4 heteroatoms. The first-order chi connectivity index (χ1) is 7.70. The number of aromatic nitrogens is 1. The fourth-order valence-corrected chi connectivity index (χ4v) is 1.58. The van der Waals surface area contributed by atoms with Gasteiger partial charge in [0.15, 0.2) is 6.20 Å². The number of primary amides is 1. The quantitative estimate of drug-likeness (QED) is 0.600. The molecule has 1 heterocycles. The summed E-state index contributed by atoms with van der Waals surface area (Å²) >= 11 is 0. The third kappa shape index (κ3) is 1.72. The van der Waals surface area contributed by atoms with E-state index in [9.17, 15) is 10.0 Å². The highest BCUT2D eigenvalue weighted by atomic mass is 16.5. The van der Waals surface area contributed by atoms with Crippen LogP contribution in [0.3, 0.4) is 0 Å². The van der Waals surface area contributed by atoms with E-state index in [1.165, 1.54) is 6.20 Å². The van der Waals surface area contributed by atoms with E-state index in [1.54, 1.807) is 12.1 Å². The summed E-state index contributed by atoms with van der Waals surface area (Å²) in [6.07, 6.45) is 1.26. The minimum absolute atomic E-state index is 0.0336. The Kier molecular flexibility index (Phi) is 2.55. The number of hydrogen-bond acceptors (Lipinski definition) is 2. The average Bonchev–Trinajstić information content (AvgIpc) is 2.29. The molecule has 0 bridgehead atoms. The lowest BCUT2D eigenvalue weighted by molar-refractivity contribution is -0.607. The van der Waals surface area contributed by atoms with Crippen LogP contribution in [0, 0.1) is 5.21 Å². The monoisotopic (exact) mass is 214 g/mol. The zero-order valence-corrected chi connectivity index (χ0v) is 8.46. The molecule has 0 aliphatic heterocycles. The number of benzene rings is 1. The van der Waals surface area contributed by atoms with Crippen LogP contribution in [0.2, 0.25) is 0 Å². The van der Waals surface area contributed by atoms with Crippen LogP contribution in [0.1, 0.15) is 10.5 Å². The Balaban J connectivity index is 2.66. The van der Waals surface area contributed by atoms with Crippen LogP contribution in [0.4, 0.5) is 0 Å². The average molecular weight is 214 g/mol. The summed E-state index contributed by atoms with van der Waals surface area (Å²) in [5.41, 5.74) is 6.50. The minimum atomic E-state index is -0.727. The van der Waals surface area contributed by atoms with E-state index in [0.717, 1.165) is 5.56 Å². The van der Waals surface area contributed by atoms with E-state index in [0.29, 0.717) is 10.3 Å². The molecule has 1 aromatic heterocycles. The molecule has 16 heavy (non-hydrogen) atoms. The molecule has 1 amide bonds. The zero-order valence-electron chi connectivity index (χ0n) is 8.46. The van der Waals surface area contributed by atoms with Crippen LogP contribution in [0.25, 0.3) is 11.1 Å². The fourth-order valence-electron chi connectivity index (χ4n) is 1.58. The predicted octanol–water partition coefficient (Wildman–Crippen LogP) is 1.09. The van der Waals surface area contributed by atoms with Gasteiger partial charge in [0.25, 0.3) is 5.69 Å². The van der Waals surface area contributed by atoms with Crippen molar-refractivity contribution in [1.82, 2.24) is 0 Å². The van der Waals surface area contributed by atoms with Crippen LogP contribution in [0.5, 0.6) is 0 Å². The van der Waals surface area contributed by atoms with Gasteiger partial charge in [0.2, 0.25) is 0 Å². The standard InChI is InChI=1S/C12H10N2O2/c13-12(15)11-10(7-4-8-14(11)16)9-5-2-1-3-6-9/h1-8H,(H2,13,15). The van der Waals surface area contributed by atoms with Gasteiger partial charge in [-0.1, -0.05) is 30.3 Å². The van der Waals surface area contributed by atoms with Gasteiger partial charge in [0, 0.05) is 6.07 Å². The molecule has 0 aliphatic carbocycles. The van der Waals surface area contributed by atoms with E-state index >= 15 is 0 Å². The van der Waals surface area contributed by atoms with Crippen LogP contribution >= 0.6 is 0 Å². The SMILES string of the molecule is NC(=O)c1c(-c2ccccc2)ccc[n+]1[O-]. The molecule has 2 aromatic rings. The van der Waals surface area contributed by atoms with Crippen LogP contribution < -0.4 is 10.5 Å². The van der Waals surface area contributed by atoms with Gasteiger partial charge >= 0.3 is 5.91 Å². The molecule has 0 atom stereocenters. The van der Waals surface area contributed by atoms with Crippen molar-refractivity contribution in [3.8, 4) is 11.1 Å². The summed E-state index contributed by atoms with van der Waals surface area (Å²) in [7, 11) is 0. The maximum atomic E-state index is 11.5. The Morgan fingerprint density at radius 2 is 1.81 bits per heavy atom. The Hall–Kier alpha value is -2.36. The smallest absolute Gasteiger partial charge is 0.315 e. The summed E-state index contributed by atoms with van der Waals surface area (Å²) in [5.74, 6) is -0.727. The first-order valence-corrected chi connectivity index (χ1v) is 4.77. The number of pyridine rings is 1. The van der Waals surface area contributed by atoms with Crippen LogP contribution in [-0.2, 0) is 0 Å². The number of hydrogen-bond donors (Lipinski definition) is 1. The molecule has 0 radical (unpaired) electrons. The normalized spacial score (nSPS) is 10.0. The second-order valence-electron chi connectivity index (χ2n) is 3.33.